The van der Waals surface area contributed by atoms with Crippen LogP contribution in [0.2, 0.25) is 0 Å². The van der Waals surface area contributed by atoms with Gasteiger partial charge in [0.05, 0.1) is 12.1 Å². The molecular weight excluding hydrogens is 369 g/mol. The van der Waals surface area contributed by atoms with Crippen LogP contribution in [0.5, 0.6) is 0 Å². The van der Waals surface area contributed by atoms with Crippen molar-refractivity contribution in [2.45, 2.75) is 56.0 Å². The molecule has 0 spiro atoms. The van der Waals surface area contributed by atoms with Gasteiger partial charge >= 0.3 is 6.09 Å². The molecular formula is C19H28FN3O3S. The number of rotatable bonds is 2. The lowest BCUT2D eigenvalue weighted by molar-refractivity contribution is -0.0321. The third-order valence-electron chi connectivity index (χ3n) is 4.96. The summed E-state index contributed by atoms with van der Waals surface area (Å²) in [6, 6.07) is 4.60. The van der Waals surface area contributed by atoms with Gasteiger partial charge in [0.2, 0.25) is 0 Å². The molecule has 1 aromatic rings. The van der Waals surface area contributed by atoms with Crippen LogP contribution >= 0.6 is 11.8 Å². The maximum atomic E-state index is 14.8. The number of alkyl carbamates (subject to hydrolysis) is 1. The molecule has 4 N–H and O–H groups in total. The molecule has 0 aromatic heterocycles. The molecule has 2 aliphatic rings. The molecule has 2 fully saturated rings. The number of carbonyl (C=O) groups excluding carboxylic acids is 1. The van der Waals surface area contributed by atoms with Crippen LogP contribution < -0.4 is 16.4 Å². The average molecular weight is 398 g/mol. The maximum Gasteiger partial charge on any atom is 0.409 e. The van der Waals surface area contributed by atoms with Crippen molar-refractivity contribution in [3.05, 3.63) is 29.6 Å². The lowest BCUT2D eigenvalue weighted by Gasteiger charge is -2.53. The highest BCUT2D eigenvalue weighted by Crippen LogP contribution is 2.47. The summed E-state index contributed by atoms with van der Waals surface area (Å²) >= 11 is 1.60. The smallest absolute Gasteiger partial charge is 0.409 e. The van der Waals surface area contributed by atoms with Gasteiger partial charge in [-0.3, -0.25) is 10.6 Å². The average Bonchev–Trinajstić information content (AvgIpc) is 2.55. The molecule has 4 atom stereocenters. The Morgan fingerprint density at radius 1 is 1.48 bits per heavy atom. The second-order valence-corrected chi connectivity index (χ2v) is 9.66. The molecule has 2 aliphatic heterocycles. The first-order valence-corrected chi connectivity index (χ1v) is 10.1. The van der Waals surface area contributed by atoms with Crippen molar-refractivity contribution >= 4 is 23.5 Å². The van der Waals surface area contributed by atoms with Crippen LogP contribution in [0.1, 0.15) is 39.7 Å². The normalized spacial score (nSPS) is 31.1. The Kier molecular flexibility index (Phi) is 5.61. The summed E-state index contributed by atoms with van der Waals surface area (Å²) in [7, 11) is 0. The summed E-state index contributed by atoms with van der Waals surface area (Å²) in [5.41, 5.74) is 5.13. The first-order valence-electron chi connectivity index (χ1n) is 9.17. The Balaban J connectivity index is 1.91. The Hall–Kier alpha value is -1.51. The van der Waals surface area contributed by atoms with Gasteiger partial charge < -0.3 is 15.2 Å². The van der Waals surface area contributed by atoms with Crippen LogP contribution in [0.15, 0.2) is 18.2 Å². The third kappa shape index (κ3) is 4.33. The number of hydrogen-bond acceptors (Lipinski definition) is 6. The fraction of sp³-hybridized carbons (Fsp3) is 0.632. The Morgan fingerprint density at radius 2 is 2.22 bits per heavy atom. The zero-order valence-electron chi connectivity index (χ0n) is 16.2. The van der Waals surface area contributed by atoms with Gasteiger partial charge in [0, 0.05) is 23.1 Å². The van der Waals surface area contributed by atoms with E-state index in [0.29, 0.717) is 24.5 Å². The number of nitrogens with one attached hydrogen (secondary N) is 2. The number of ether oxygens (including phenoxy) is 2. The molecule has 3 rings (SSSR count). The van der Waals surface area contributed by atoms with Crippen molar-refractivity contribution < 1.29 is 18.7 Å². The van der Waals surface area contributed by atoms with Gasteiger partial charge in [-0.05, 0) is 51.3 Å². The highest BCUT2D eigenvalue weighted by atomic mass is 32.2. The molecule has 0 bridgehead atoms. The zero-order chi connectivity index (χ0) is 19.8. The van der Waals surface area contributed by atoms with Gasteiger partial charge in [-0.2, -0.15) is 0 Å². The van der Waals surface area contributed by atoms with Crippen LogP contribution in [0.25, 0.3) is 0 Å². The van der Waals surface area contributed by atoms with Gasteiger partial charge in [-0.1, -0.05) is 6.92 Å². The molecule has 1 aromatic carbocycles. The van der Waals surface area contributed by atoms with Crippen molar-refractivity contribution in [1.82, 2.24) is 10.6 Å². The standard InChI is InChI=1S/C19H28FN3O3S/c1-11-13-7-8-25-10-19(13,14-9-12(21)5-6-15(14)20)23-16(27-11)22-17(24)26-18(2,3)4/h5-6,9,11,13,16,23H,7-8,10,21H2,1-4H3,(H,22,24)/t11-,13+,16?,19+/m1/s1. The third-order valence-corrected chi connectivity index (χ3v) is 6.23. The van der Waals surface area contributed by atoms with Gasteiger partial charge in [-0.15, -0.1) is 11.8 Å². The Labute approximate surface area is 163 Å². The summed E-state index contributed by atoms with van der Waals surface area (Å²) in [4.78, 5) is 12.2. The maximum absolute atomic E-state index is 14.8. The zero-order valence-corrected chi connectivity index (χ0v) is 17.0. The number of thioether (sulfide) groups is 1. The van der Waals surface area contributed by atoms with E-state index in [1.54, 1.807) is 23.9 Å². The minimum Gasteiger partial charge on any atom is -0.444 e. The number of amides is 1. The largest absolute Gasteiger partial charge is 0.444 e. The molecule has 8 heteroatoms. The monoisotopic (exact) mass is 397 g/mol. The second-order valence-electron chi connectivity index (χ2n) is 8.17. The van der Waals surface area contributed by atoms with E-state index in [-0.39, 0.29) is 17.0 Å². The number of nitrogens with two attached hydrogens (primary N) is 1. The number of nitrogen functional groups attached to an aromatic ring is 1. The molecule has 0 radical (unpaired) electrons. The van der Waals surface area contributed by atoms with E-state index in [2.05, 4.69) is 17.6 Å². The van der Waals surface area contributed by atoms with E-state index in [9.17, 15) is 9.18 Å². The predicted octanol–water partition coefficient (Wildman–Crippen LogP) is 3.17. The van der Waals surface area contributed by atoms with E-state index < -0.39 is 22.7 Å². The second kappa shape index (κ2) is 7.48. The minimum atomic E-state index is -0.762. The quantitative estimate of drug-likeness (QED) is 0.665. The lowest BCUT2D eigenvalue weighted by Crippen LogP contribution is -2.66. The van der Waals surface area contributed by atoms with E-state index in [1.807, 2.05) is 20.8 Å². The molecule has 1 amide bonds. The van der Waals surface area contributed by atoms with Crippen LogP contribution in [0, 0.1) is 11.7 Å². The number of benzene rings is 1. The summed E-state index contributed by atoms with van der Waals surface area (Å²) in [5.74, 6) is -0.188. The van der Waals surface area contributed by atoms with Gasteiger partial charge in [0.15, 0.2) is 0 Å². The van der Waals surface area contributed by atoms with E-state index >= 15 is 0 Å². The van der Waals surface area contributed by atoms with Crippen molar-refractivity contribution in [1.29, 1.82) is 0 Å². The van der Waals surface area contributed by atoms with Crippen molar-refractivity contribution in [3.63, 3.8) is 0 Å². The van der Waals surface area contributed by atoms with Gasteiger partial charge in [0.1, 0.15) is 16.9 Å². The van der Waals surface area contributed by atoms with Crippen molar-refractivity contribution in [3.8, 4) is 0 Å². The van der Waals surface area contributed by atoms with Crippen molar-refractivity contribution in [2.24, 2.45) is 5.92 Å². The fourth-order valence-corrected chi connectivity index (χ4v) is 5.31. The van der Waals surface area contributed by atoms with Crippen LogP contribution in [0.4, 0.5) is 14.9 Å². The first kappa shape index (κ1) is 20.2. The number of anilines is 1. The Bertz CT molecular complexity index is 712. The highest BCUT2D eigenvalue weighted by molar-refractivity contribution is 8.00. The molecule has 6 nitrogen and oxygen atoms in total. The van der Waals surface area contributed by atoms with Gasteiger partial charge in [0.25, 0.3) is 0 Å². The highest BCUT2D eigenvalue weighted by Gasteiger charge is 2.52. The molecule has 0 aliphatic carbocycles. The number of carbonyl (C=O) groups is 1. The molecule has 150 valence electrons. The van der Waals surface area contributed by atoms with Crippen LogP contribution in [-0.4, -0.2) is 35.7 Å². The summed E-state index contributed by atoms with van der Waals surface area (Å²) in [6.45, 7) is 8.48. The summed E-state index contributed by atoms with van der Waals surface area (Å²) < 4.78 is 25.9. The summed E-state index contributed by atoms with van der Waals surface area (Å²) in [6.07, 6.45) is 0.284. The van der Waals surface area contributed by atoms with E-state index in [4.69, 9.17) is 15.2 Å². The first-order chi connectivity index (χ1) is 12.6. The topological polar surface area (TPSA) is 85.6 Å². The fourth-order valence-electron chi connectivity index (χ4n) is 3.88. The van der Waals surface area contributed by atoms with Crippen LogP contribution in [-0.2, 0) is 15.0 Å². The predicted molar refractivity (Wildman–Crippen MR) is 105 cm³/mol. The molecule has 0 saturated carbocycles. The number of hydrogen-bond donors (Lipinski definition) is 3. The number of fused-ring (bicyclic) bond motifs is 1. The molecule has 1 unspecified atom stereocenters. The summed E-state index contributed by atoms with van der Waals surface area (Å²) in [5, 5.41) is 6.46. The Morgan fingerprint density at radius 3 is 2.93 bits per heavy atom. The van der Waals surface area contributed by atoms with E-state index in [1.165, 1.54) is 6.07 Å². The SMILES string of the molecule is C[C@H]1SC(NC(=O)OC(C)(C)C)N[C@@]2(c3cc(N)ccc3F)COCC[C@@H]12. The number of halogens is 1. The van der Waals surface area contributed by atoms with E-state index in [0.717, 1.165) is 6.42 Å². The van der Waals surface area contributed by atoms with Crippen molar-refractivity contribution in [2.75, 3.05) is 18.9 Å². The molecule has 27 heavy (non-hydrogen) atoms. The van der Waals surface area contributed by atoms with Crippen LogP contribution in [0.3, 0.4) is 0 Å². The minimum absolute atomic E-state index is 0.143. The van der Waals surface area contributed by atoms with Gasteiger partial charge in [-0.25, -0.2) is 9.18 Å². The molecule has 2 saturated heterocycles. The lowest BCUT2D eigenvalue weighted by atomic mass is 9.73. The molecule has 2 heterocycles.